The molecule has 5 aliphatic carbocycles. The van der Waals surface area contributed by atoms with Crippen LogP contribution in [0.4, 0.5) is 0 Å². The minimum Gasteiger partial charge on any atom is -0.465 e. The Labute approximate surface area is 288 Å². The fourth-order valence-electron chi connectivity index (χ4n) is 12.7. The van der Waals surface area contributed by atoms with Crippen molar-refractivity contribution in [1.82, 2.24) is 0 Å². The van der Waals surface area contributed by atoms with Crippen LogP contribution in [0, 0.1) is 50.2 Å². The molecule has 0 bridgehead atoms. The zero-order valence-corrected chi connectivity index (χ0v) is 31.5. The van der Waals surface area contributed by atoms with Gasteiger partial charge in [0.15, 0.2) is 0 Å². The molecule has 5 aliphatic rings. The van der Waals surface area contributed by atoms with Gasteiger partial charge in [-0.05, 0) is 104 Å². The molecule has 0 unspecified atom stereocenters. The van der Waals surface area contributed by atoms with Crippen LogP contribution in [-0.4, -0.2) is 46.7 Å². The Kier molecular flexibility index (Phi) is 11.1. The second-order valence-electron chi connectivity index (χ2n) is 19.1. The largest absolute Gasteiger partial charge is 0.465 e. The molecular formula is C42H72O5. The lowest BCUT2D eigenvalue weighted by atomic mass is 9.33. The Morgan fingerprint density at radius 2 is 1.43 bits per heavy atom. The van der Waals surface area contributed by atoms with Gasteiger partial charge in [0.05, 0.1) is 30.8 Å². The van der Waals surface area contributed by atoms with Crippen molar-refractivity contribution in [3.05, 3.63) is 11.6 Å². The zero-order chi connectivity index (χ0) is 34.3. The highest BCUT2D eigenvalue weighted by Crippen LogP contribution is 2.75. The van der Waals surface area contributed by atoms with Gasteiger partial charge in [0, 0.05) is 5.41 Å². The Morgan fingerprint density at radius 1 is 0.809 bits per heavy atom. The number of fused-ring (bicyclic) bond motifs is 7. The molecule has 0 aromatic carbocycles. The maximum atomic E-state index is 14.3. The number of allylic oxidation sites excluding steroid dienone is 2. The molecule has 0 saturated heterocycles. The first kappa shape index (κ1) is 37.3. The van der Waals surface area contributed by atoms with Gasteiger partial charge in [-0.2, -0.15) is 0 Å². The molecule has 270 valence electrons. The number of rotatable bonds is 13. The van der Waals surface area contributed by atoms with Crippen LogP contribution in [0.1, 0.15) is 170 Å². The van der Waals surface area contributed by atoms with E-state index < -0.39 is 23.0 Å². The van der Waals surface area contributed by atoms with Crippen molar-refractivity contribution in [1.29, 1.82) is 0 Å². The average molecular weight is 657 g/mol. The van der Waals surface area contributed by atoms with Crippen LogP contribution < -0.4 is 0 Å². The van der Waals surface area contributed by atoms with Crippen LogP contribution in [0.15, 0.2) is 11.6 Å². The predicted octanol–water partition coefficient (Wildman–Crippen LogP) is 9.56. The second kappa shape index (κ2) is 14.0. The number of unbranched alkanes of at least 4 members (excludes halogenated alkanes) is 9. The minimum absolute atomic E-state index is 0.0222. The SMILES string of the molecule is CCCCCCCCCCCCOC(=O)[C@]12CCC(C)(C)C[C@H]1C1=CC[C@@H]3[C@@]4(C)C[C@@H](O)[C@H](O)[C@@](C)(CO)[C@@H]4CC[C@@]3(C)[C@]1(C)CC2. The van der Waals surface area contributed by atoms with Gasteiger partial charge >= 0.3 is 5.97 Å². The van der Waals surface area contributed by atoms with Gasteiger partial charge in [0.25, 0.3) is 0 Å². The standard InChI is InChI=1S/C42H72O5/c1-8-9-10-11-12-13-14-15-16-17-26-47-36(46)42-24-22-37(2,3)27-31(42)30-18-19-34-38(4)28-32(44)35(45)39(5,29-43)33(38)20-21-41(34,7)40(30,6)23-25-42/h18,31-35,43-45H,8-17,19-29H2,1-7H3/t31-,32+,33+,34+,35-,38-,39-,40+,41+,42-/m0/s1. The molecule has 5 heteroatoms. The molecule has 10 atom stereocenters. The van der Waals surface area contributed by atoms with E-state index in [1.165, 1.54) is 56.9 Å². The van der Waals surface area contributed by atoms with E-state index in [4.69, 9.17) is 4.74 Å². The Bertz CT molecular complexity index is 1130. The quantitative estimate of drug-likeness (QED) is 0.104. The fraction of sp³-hybridized carbons (Fsp3) is 0.929. The maximum Gasteiger partial charge on any atom is 0.312 e. The number of hydrogen-bond acceptors (Lipinski definition) is 5. The lowest BCUT2D eigenvalue weighted by molar-refractivity contribution is -0.243. The molecule has 4 saturated carbocycles. The number of carbonyl (C=O) groups excluding carboxylic acids is 1. The first-order chi connectivity index (χ1) is 22.2. The van der Waals surface area contributed by atoms with E-state index in [1.807, 2.05) is 6.92 Å². The average Bonchev–Trinajstić information content (AvgIpc) is 3.02. The van der Waals surface area contributed by atoms with Gasteiger partial charge in [-0.1, -0.05) is 118 Å². The van der Waals surface area contributed by atoms with E-state index in [-0.39, 0.29) is 46.1 Å². The monoisotopic (exact) mass is 657 g/mol. The number of carbonyl (C=O) groups is 1. The van der Waals surface area contributed by atoms with Gasteiger partial charge in [0.2, 0.25) is 0 Å². The molecule has 4 fully saturated rings. The Hall–Kier alpha value is -0.910. The molecule has 5 nitrogen and oxygen atoms in total. The van der Waals surface area contributed by atoms with Crippen LogP contribution in [0.5, 0.6) is 0 Å². The van der Waals surface area contributed by atoms with Crippen molar-refractivity contribution < 1.29 is 24.9 Å². The Balaban J connectivity index is 1.31. The lowest BCUT2D eigenvalue weighted by Crippen LogP contribution is -2.68. The van der Waals surface area contributed by atoms with Gasteiger partial charge in [-0.25, -0.2) is 0 Å². The summed E-state index contributed by atoms with van der Waals surface area (Å²) in [5.74, 6) is 0.799. The first-order valence-electron chi connectivity index (χ1n) is 20.0. The van der Waals surface area contributed by atoms with Crippen LogP contribution in [0.25, 0.3) is 0 Å². The van der Waals surface area contributed by atoms with Crippen molar-refractivity contribution in [2.45, 2.75) is 183 Å². The minimum atomic E-state index is -0.897. The van der Waals surface area contributed by atoms with E-state index in [0.717, 1.165) is 64.2 Å². The summed E-state index contributed by atoms with van der Waals surface area (Å²) < 4.78 is 6.23. The summed E-state index contributed by atoms with van der Waals surface area (Å²) in [6.45, 7) is 16.9. The summed E-state index contributed by atoms with van der Waals surface area (Å²) in [6.07, 6.45) is 22.1. The van der Waals surface area contributed by atoms with E-state index in [0.29, 0.717) is 18.9 Å². The van der Waals surface area contributed by atoms with Gasteiger partial charge in [-0.3, -0.25) is 4.79 Å². The molecular weight excluding hydrogens is 584 g/mol. The van der Waals surface area contributed by atoms with E-state index >= 15 is 0 Å². The smallest absolute Gasteiger partial charge is 0.312 e. The number of hydrogen-bond donors (Lipinski definition) is 3. The van der Waals surface area contributed by atoms with Gasteiger partial charge < -0.3 is 20.1 Å². The van der Waals surface area contributed by atoms with E-state index in [2.05, 4.69) is 47.6 Å². The summed E-state index contributed by atoms with van der Waals surface area (Å²) in [5.41, 5.74) is 0.415. The summed E-state index contributed by atoms with van der Waals surface area (Å²) in [6, 6.07) is 0. The number of aliphatic hydroxyl groups is 3. The molecule has 0 spiro atoms. The highest BCUT2D eigenvalue weighted by Gasteiger charge is 2.70. The third-order valence-corrected chi connectivity index (χ3v) is 15.9. The van der Waals surface area contributed by atoms with Crippen molar-refractivity contribution in [3.63, 3.8) is 0 Å². The van der Waals surface area contributed by atoms with Crippen molar-refractivity contribution in [2.24, 2.45) is 50.2 Å². The zero-order valence-electron chi connectivity index (χ0n) is 31.5. The van der Waals surface area contributed by atoms with Crippen LogP contribution >= 0.6 is 0 Å². The molecule has 0 radical (unpaired) electrons. The molecule has 0 aromatic rings. The third-order valence-electron chi connectivity index (χ3n) is 15.9. The third kappa shape index (κ3) is 6.32. The highest BCUT2D eigenvalue weighted by atomic mass is 16.5. The normalized spacial score (nSPS) is 44.0. The highest BCUT2D eigenvalue weighted by molar-refractivity contribution is 5.78. The summed E-state index contributed by atoms with van der Waals surface area (Å²) in [5, 5.41) is 32.9. The first-order valence-corrected chi connectivity index (χ1v) is 20.0. The van der Waals surface area contributed by atoms with Crippen molar-refractivity contribution >= 4 is 5.97 Å². The van der Waals surface area contributed by atoms with Gasteiger partial charge in [0.1, 0.15) is 0 Å². The number of ether oxygens (including phenoxy) is 1. The summed E-state index contributed by atoms with van der Waals surface area (Å²) in [4.78, 5) is 14.3. The molecule has 3 N–H and O–H groups in total. The molecule has 0 aromatic heterocycles. The van der Waals surface area contributed by atoms with E-state index in [1.54, 1.807) is 0 Å². The fourth-order valence-corrected chi connectivity index (χ4v) is 12.7. The molecule has 5 rings (SSSR count). The predicted molar refractivity (Wildman–Crippen MR) is 191 cm³/mol. The lowest BCUT2D eigenvalue weighted by Gasteiger charge is -2.71. The molecule has 47 heavy (non-hydrogen) atoms. The topological polar surface area (TPSA) is 87.0 Å². The maximum absolute atomic E-state index is 14.3. The van der Waals surface area contributed by atoms with E-state index in [9.17, 15) is 20.1 Å². The van der Waals surface area contributed by atoms with Crippen molar-refractivity contribution in [3.8, 4) is 0 Å². The van der Waals surface area contributed by atoms with Crippen LogP contribution in [0.2, 0.25) is 0 Å². The molecule has 0 aliphatic heterocycles. The number of esters is 1. The number of aliphatic hydroxyl groups excluding tert-OH is 3. The summed E-state index contributed by atoms with van der Waals surface area (Å²) >= 11 is 0. The van der Waals surface area contributed by atoms with Crippen LogP contribution in [-0.2, 0) is 9.53 Å². The molecule has 0 heterocycles. The van der Waals surface area contributed by atoms with Crippen LogP contribution in [0.3, 0.4) is 0 Å². The van der Waals surface area contributed by atoms with Crippen molar-refractivity contribution in [2.75, 3.05) is 13.2 Å². The van der Waals surface area contributed by atoms with Gasteiger partial charge in [-0.15, -0.1) is 0 Å². The second-order valence-corrected chi connectivity index (χ2v) is 19.1. The molecule has 0 amide bonds. The summed E-state index contributed by atoms with van der Waals surface area (Å²) in [7, 11) is 0. The Morgan fingerprint density at radius 3 is 2.06 bits per heavy atom.